The first-order valence-corrected chi connectivity index (χ1v) is 8.44. The molecule has 2 amide bonds. The molecule has 0 bridgehead atoms. The van der Waals surface area contributed by atoms with Crippen LogP contribution in [0.1, 0.15) is 36.6 Å². The molecule has 0 spiro atoms. The van der Waals surface area contributed by atoms with E-state index in [1.165, 1.54) is 0 Å². The number of likely N-dealkylation sites (tertiary alicyclic amines) is 1. The number of hydrogen-bond acceptors (Lipinski definition) is 4. The Balaban J connectivity index is 1.99. The number of amides is 2. The van der Waals surface area contributed by atoms with Crippen molar-refractivity contribution in [2.45, 2.75) is 31.6 Å². The van der Waals surface area contributed by atoms with E-state index in [9.17, 15) is 9.59 Å². The van der Waals surface area contributed by atoms with Crippen LogP contribution in [0.4, 0.5) is 0 Å². The Labute approximate surface area is 143 Å². The number of piperidine rings is 1. The van der Waals surface area contributed by atoms with Crippen LogP contribution in [0.25, 0.3) is 0 Å². The lowest BCUT2D eigenvalue weighted by atomic mass is 9.94. The van der Waals surface area contributed by atoms with E-state index in [0.29, 0.717) is 19.4 Å². The number of aryl methyl sites for hydroxylation is 1. The number of methoxy groups -OCH3 is 1. The van der Waals surface area contributed by atoms with E-state index in [2.05, 4.69) is 0 Å². The van der Waals surface area contributed by atoms with Crippen LogP contribution in [-0.2, 0) is 20.7 Å². The van der Waals surface area contributed by atoms with Crippen LogP contribution >= 0.6 is 0 Å². The van der Waals surface area contributed by atoms with E-state index in [1.807, 2.05) is 23.1 Å². The van der Waals surface area contributed by atoms with Gasteiger partial charge in [0, 0.05) is 58.0 Å². The molecule has 1 unspecified atom stereocenters. The molecule has 6 nitrogen and oxygen atoms in total. The van der Waals surface area contributed by atoms with Crippen LogP contribution in [-0.4, -0.2) is 67.5 Å². The molecule has 1 aliphatic heterocycles. The molecular weight excluding hydrogens is 306 g/mol. The van der Waals surface area contributed by atoms with E-state index < -0.39 is 0 Å². The molecule has 6 heteroatoms. The largest absolute Gasteiger partial charge is 0.375 e. The van der Waals surface area contributed by atoms with Crippen molar-refractivity contribution in [3.05, 3.63) is 29.6 Å². The zero-order chi connectivity index (χ0) is 17.5. The van der Waals surface area contributed by atoms with Crippen molar-refractivity contribution in [3.63, 3.8) is 0 Å². The molecule has 0 saturated carbocycles. The minimum atomic E-state index is 0.0370. The third-order valence-corrected chi connectivity index (χ3v) is 4.38. The predicted octanol–water partition coefficient (Wildman–Crippen LogP) is 1.45. The molecule has 2 heterocycles. The normalized spacial score (nSPS) is 17.6. The molecule has 1 aliphatic rings. The highest BCUT2D eigenvalue weighted by molar-refractivity contribution is 5.77. The van der Waals surface area contributed by atoms with Crippen LogP contribution in [0.2, 0.25) is 0 Å². The molecule has 0 aliphatic carbocycles. The Morgan fingerprint density at radius 1 is 1.38 bits per heavy atom. The number of rotatable bonds is 6. The van der Waals surface area contributed by atoms with Crippen molar-refractivity contribution >= 4 is 11.8 Å². The zero-order valence-electron chi connectivity index (χ0n) is 14.8. The summed E-state index contributed by atoms with van der Waals surface area (Å²) >= 11 is 0. The zero-order valence-corrected chi connectivity index (χ0v) is 14.8. The van der Waals surface area contributed by atoms with Crippen LogP contribution in [0.3, 0.4) is 0 Å². The molecule has 1 aromatic heterocycles. The third kappa shape index (κ3) is 5.03. The van der Waals surface area contributed by atoms with Gasteiger partial charge in [0.25, 0.3) is 0 Å². The fourth-order valence-corrected chi connectivity index (χ4v) is 2.98. The first-order chi connectivity index (χ1) is 11.5. The van der Waals surface area contributed by atoms with E-state index in [-0.39, 0.29) is 24.3 Å². The van der Waals surface area contributed by atoms with Gasteiger partial charge in [0.1, 0.15) is 6.61 Å². The number of carbonyl (C=O) groups is 2. The van der Waals surface area contributed by atoms with Gasteiger partial charge in [0.05, 0.1) is 0 Å². The van der Waals surface area contributed by atoms with Gasteiger partial charge in [-0.3, -0.25) is 14.6 Å². The van der Waals surface area contributed by atoms with Gasteiger partial charge in [-0.1, -0.05) is 6.07 Å². The summed E-state index contributed by atoms with van der Waals surface area (Å²) in [4.78, 5) is 31.9. The average molecular weight is 333 g/mol. The maximum absolute atomic E-state index is 12.0. The fourth-order valence-electron chi connectivity index (χ4n) is 2.98. The van der Waals surface area contributed by atoms with Crippen LogP contribution < -0.4 is 0 Å². The van der Waals surface area contributed by atoms with Crippen molar-refractivity contribution < 1.29 is 14.3 Å². The SMILES string of the molecule is COCC(=O)N1CCCC(c2cccc(CCC(=O)N(C)C)n2)C1. The summed E-state index contributed by atoms with van der Waals surface area (Å²) in [5.41, 5.74) is 1.95. The second-order valence-corrected chi connectivity index (χ2v) is 6.45. The monoisotopic (exact) mass is 333 g/mol. The Hall–Kier alpha value is -1.95. The summed E-state index contributed by atoms with van der Waals surface area (Å²) in [6, 6.07) is 5.98. The Morgan fingerprint density at radius 3 is 2.88 bits per heavy atom. The number of carbonyl (C=O) groups excluding carboxylic acids is 2. The molecule has 1 saturated heterocycles. The van der Waals surface area contributed by atoms with E-state index in [4.69, 9.17) is 9.72 Å². The number of pyridine rings is 1. The Morgan fingerprint density at radius 2 is 2.17 bits per heavy atom. The minimum absolute atomic E-state index is 0.0370. The molecule has 1 fully saturated rings. The molecule has 0 radical (unpaired) electrons. The van der Waals surface area contributed by atoms with Crippen molar-refractivity contribution in [3.8, 4) is 0 Å². The molecule has 0 N–H and O–H groups in total. The first-order valence-electron chi connectivity index (χ1n) is 8.44. The summed E-state index contributed by atoms with van der Waals surface area (Å²) in [7, 11) is 5.07. The van der Waals surface area contributed by atoms with E-state index in [1.54, 1.807) is 26.1 Å². The quantitative estimate of drug-likeness (QED) is 0.790. The second kappa shape index (κ2) is 8.78. The van der Waals surface area contributed by atoms with Crippen LogP contribution in [0.5, 0.6) is 0 Å². The molecule has 132 valence electrons. The lowest BCUT2D eigenvalue weighted by molar-refractivity contribution is -0.136. The Kier molecular flexibility index (Phi) is 6.73. The summed E-state index contributed by atoms with van der Waals surface area (Å²) in [5.74, 6) is 0.398. The van der Waals surface area contributed by atoms with Gasteiger partial charge in [-0.05, 0) is 31.4 Å². The first kappa shape index (κ1) is 18.4. The Bertz CT molecular complexity index is 574. The number of ether oxygens (including phenoxy) is 1. The van der Waals surface area contributed by atoms with Gasteiger partial charge in [0.15, 0.2) is 0 Å². The predicted molar refractivity (Wildman–Crippen MR) is 91.7 cm³/mol. The van der Waals surface area contributed by atoms with Crippen molar-refractivity contribution in [2.24, 2.45) is 0 Å². The lowest BCUT2D eigenvalue weighted by Gasteiger charge is -2.32. The highest BCUT2D eigenvalue weighted by Crippen LogP contribution is 2.26. The third-order valence-electron chi connectivity index (χ3n) is 4.38. The maximum atomic E-state index is 12.0. The maximum Gasteiger partial charge on any atom is 0.248 e. The average Bonchev–Trinajstić information content (AvgIpc) is 2.60. The molecule has 1 aromatic rings. The highest BCUT2D eigenvalue weighted by Gasteiger charge is 2.25. The number of nitrogens with zero attached hydrogens (tertiary/aromatic N) is 3. The molecule has 0 aromatic carbocycles. The lowest BCUT2D eigenvalue weighted by Crippen LogP contribution is -2.41. The molecule has 1 atom stereocenters. The highest BCUT2D eigenvalue weighted by atomic mass is 16.5. The molecular formula is C18H27N3O3. The van der Waals surface area contributed by atoms with E-state index in [0.717, 1.165) is 30.8 Å². The van der Waals surface area contributed by atoms with Gasteiger partial charge in [0.2, 0.25) is 11.8 Å². The number of hydrogen-bond donors (Lipinski definition) is 0. The second-order valence-electron chi connectivity index (χ2n) is 6.45. The fraction of sp³-hybridized carbons (Fsp3) is 0.611. The van der Waals surface area contributed by atoms with Gasteiger partial charge in [-0.15, -0.1) is 0 Å². The van der Waals surface area contributed by atoms with Crippen molar-refractivity contribution in [2.75, 3.05) is 40.9 Å². The number of aromatic nitrogens is 1. The van der Waals surface area contributed by atoms with Crippen molar-refractivity contribution in [1.82, 2.24) is 14.8 Å². The van der Waals surface area contributed by atoms with Gasteiger partial charge >= 0.3 is 0 Å². The standard InChI is InChI=1S/C18H27N3O3/c1-20(2)17(22)10-9-15-7-4-8-16(19-15)14-6-5-11-21(12-14)18(23)13-24-3/h4,7-8,14H,5-6,9-13H2,1-3H3. The summed E-state index contributed by atoms with van der Waals surface area (Å²) < 4.78 is 4.95. The van der Waals surface area contributed by atoms with Crippen LogP contribution in [0.15, 0.2) is 18.2 Å². The minimum Gasteiger partial charge on any atom is -0.375 e. The summed E-state index contributed by atoms with van der Waals surface area (Å²) in [6.07, 6.45) is 3.12. The smallest absolute Gasteiger partial charge is 0.248 e. The van der Waals surface area contributed by atoms with Crippen LogP contribution in [0, 0.1) is 0 Å². The van der Waals surface area contributed by atoms with Gasteiger partial charge < -0.3 is 14.5 Å². The summed E-state index contributed by atoms with van der Waals surface area (Å²) in [6.45, 7) is 1.61. The van der Waals surface area contributed by atoms with Gasteiger partial charge in [-0.25, -0.2) is 0 Å². The molecule has 2 rings (SSSR count). The van der Waals surface area contributed by atoms with Gasteiger partial charge in [-0.2, -0.15) is 0 Å². The summed E-state index contributed by atoms with van der Waals surface area (Å²) in [5, 5.41) is 0. The topological polar surface area (TPSA) is 62.7 Å². The van der Waals surface area contributed by atoms with Crippen molar-refractivity contribution in [1.29, 1.82) is 0 Å². The molecule has 24 heavy (non-hydrogen) atoms. The van der Waals surface area contributed by atoms with E-state index >= 15 is 0 Å².